The minimum atomic E-state index is -0.103. The van der Waals surface area contributed by atoms with Crippen LogP contribution in [0.4, 0.5) is 6.01 Å². The van der Waals surface area contributed by atoms with Gasteiger partial charge in [0.1, 0.15) is 0 Å². The van der Waals surface area contributed by atoms with Crippen LogP contribution in [0.5, 0.6) is 0 Å². The zero-order chi connectivity index (χ0) is 9.90. The van der Waals surface area contributed by atoms with Crippen molar-refractivity contribution >= 4 is 6.01 Å². The summed E-state index contributed by atoms with van der Waals surface area (Å²) < 4.78 is 4.93. The Morgan fingerprint density at radius 1 is 1.54 bits per heavy atom. The number of nitrogens with one attached hydrogen (secondary N) is 1. The van der Waals surface area contributed by atoms with Gasteiger partial charge in [0.15, 0.2) is 5.82 Å². The summed E-state index contributed by atoms with van der Waals surface area (Å²) in [5, 5.41) is 6.80. The third-order valence-electron chi connectivity index (χ3n) is 1.74. The van der Waals surface area contributed by atoms with Crippen molar-refractivity contribution in [1.29, 1.82) is 0 Å². The van der Waals surface area contributed by atoms with Gasteiger partial charge in [-0.2, -0.15) is 4.98 Å². The summed E-state index contributed by atoms with van der Waals surface area (Å²) in [5.74, 6) is 0.631. The zero-order valence-electron chi connectivity index (χ0n) is 8.29. The number of nitrogens with zero attached hydrogens (tertiary/aromatic N) is 2. The van der Waals surface area contributed by atoms with Gasteiger partial charge < -0.3 is 15.6 Å². The molecule has 0 atom stereocenters. The molecule has 74 valence electrons. The molecule has 0 aliphatic rings. The van der Waals surface area contributed by atoms with E-state index in [2.05, 4.69) is 15.5 Å². The average Bonchev–Trinajstić information content (AvgIpc) is 2.34. The molecule has 0 amide bonds. The van der Waals surface area contributed by atoms with Gasteiger partial charge in [0.2, 0.25) is 0 Å². The number of nitrogens with two attached hydrogens (primary N) is 1. The van der Waals surface area contributed by atoms with Crippen molar-refractivity contribution in [2.24, 2.45) is 5.73 Å². The highest BCUT2D eigenvalue weighted by molar-refractivity contribution is 5.23. The Morgan fingerprint density at radius 2 is 2.23 bits per heavy atom. The van der Waals surface area contributed by atoms with Crippen LogP contribution in [-0.4, -0.2) is 22.2 Å². The fourth-order valence-electron chi connectivity index (χ4n) is 1.06. The number of aryl methyl sites for hydroxylation is 1. The second-order valence-corrected chi connectivity index (χ2v) is 3.69. The van der Waals surface area contributed by atoms with Crippen LogP contribution in [0.25, 0.3) is 0 Å². The molecule has 0 spiro atoms. The van der Waals surface area contributed by atoms with E-state index in [-0.39, 0.29) is 5.54 Å². The predicted molar refractivity (Wildman–Crippen MR) is 50.4 cm³/mol. The first-order valence-electron chi connectivity index (χ1n) is 4.32. The van der Waals surface area contributed by atoms with Crippen molar-refractivity contribution in [3.05, 3.63) is 5.82 Å². The van der Waals surface area contributed by atoms with Crippen LogP contribution in [0.3, 0.4) is 0 Å². The molecule has 1 rings (SSSR count). The van der Waals surface area contributed by atoms with E-state index in [0.29, 0.717) is 18.4 Å². The molecule has 1 aromatic rings. The van der Waals surface area contributed by atoms with Gasteiger partial charge in [-0.3, -0.25) is 0 Å². The number of rotatable bonds is 4. The van der Waals surface area contributed by atoms with E-state index < -0.39 is 0 Å². The summed E-state index contributed by atoms with van der Waals surface area (Å²) in [6, 6.07) is 0.455. The average molecular weight is 184 g/mol. The van der Waals surface area contributed by atoms with Crippen molar-refractivity contribution in [2.45, 2.75) is 32.7 Å². The first-order valence-corrected chi connectivity index (χ1v) is 4.32. The van der Waals surface area contributed by atoms with E-state index in [0.717, 1.165) is 6.42 Å². The molecule has 1 heterocycles. The van der Waals surface area contributed by atoms with E-state index >= 15 is 0 Å². The van der Waals surface area contributed by atoms with Gasteiger partial charge in [-0.15, -0.1) is 0 Å². The largest absolute Gasteiger partial charge is 0.333 e. The van der Waals surface area contributed by atoms with E-state index in [4.69, 9.17) is 10.3 Å². The van der Waals surface area contributed by atoms with E-state index in [9.17, 15) is 0 Å². The molecule has 0 saturated carbocycles. The monoisotopic (exact) mass is 184 g/mol. The fourth-order valence-corrected chi connectivity index (χ4v) is 1.06. The molecule has 0 radical (unpaired) electrons. The Bertz CT molecular complexity index is 269. The topological polar surface area (TPSA) is 77.0 Å². The first kappa shape index (κ1) is 9.98. The summed E-state index contributed by atoms with van der Waals surface area (Å²) in [7, 11) is 0. The lowest BCUT2D eigenvalue weighted by atomic mass is 10.0. The number of hydrogen-bond donors (Lipinski definition) is 2. The maximum Gasteiger partial charge on any atom is 0.321 e. The Labute approximate surface area is 77.7 Å². The van der Waals surface area contributed by atoms with E-state index in [1.54, 1.807) is 6.92 Å². The fraction of sp³-hybridized carbons (Fsp3) is 0.750. The highest BCUT2D eigenvalue weighted by Crippen LogP contribution is 2.15. The lowest BCUT2D eigenvalue weighted by molar-refractivity contribution is 0.406. The molecule has 0 fully saturated rings. The molecule has 5 nitrogen and oxygen atoms in total. The molecule has 3 N–H and O–H groups in total. The van der Waals surface area contributed by atoms with Crippen molar-refractivity contribution in [1.82, 2.24) is 10.1 Å². The van der Waals surface area contributed by atoms with Gasteiger partial charge in [-0.05, 0) is 33.7 Å². The number of anilines is 1. The summed E-state index contributed by atoms with van der Waals surface area (Å²) >= 11 is 0. The van der Waals surface area contributed by atoms with Crippen molar-refractivity contribution in [3.8, 4) is 0 Å². The maximum atomic E-state index is 5.47. The normalized spacial score (nSPS) is 11.7. The predicted octanol–water partition coefficient (Wildman–Crippen LogP) is 0.917. The molecule has 0 aliphatic heterocycles. The minimum Gasteiger partial charge on any atom is -0.333 e. The molecule has 1 aromatic heterocycles. The quantitative estimate of drug-likeness (QED) is 0.727. The van der Waals surface area contributed by atoms with Crippen LogP contribution in [0.15, 0.2) is 4.52 Å². The first-order chi connectivity index (χ1) is 6.03. The lowest BCUT2D eigenvalue weighted by Gasteiger charge is -2.23. The van der Waals surface area contributed by atoms with Crippen LogP contribution < -0.4 is 11.1 Å². The van der Waals surface area contributed by atoms with Crippen molar-refractivity contribution < 1.29 is 4.52 Å². The van der Waals surface area contributed by atoms with Crippen LogP contribution in [-0.2, 0) is 0 Å². The van der Waals surface area contributed by atoms with Crippen molar-refractivity contribution in [2.75, 3.05) is 11.9 Å². The summed E-state index contributed by atoms with van der Waals surface area (Å²) in [4.78, 5) is 4.05. The van der Waals surface area contributed by atoms with E-state index in [1.807, 2.05) is 13.8 Å². The molecular weight excluding hydrogens is 168 g/mol. The smallest absolute Gasteiger partial charge is 0.321 e. The van der Waals surface area contributed by atoms with Crippen LogP contribution in [0.2, 0.25) is 0 Å². The van der Waals surface area contributed by atoms with Crippen molar-refractivity contribution in [3.63, 3.8) is 0 Å². The van der Waals surface area contributed by atoms with Gasteiger partial charge in [0.05, 0.1) is 0 Å². The third kappa shape index (κ3) is 3.02. The number of aromatic nitrogens is 2. The molecule has 0 aromatic carbocycles. The molecule has 0 aliphatic carbocycles. The molecule has 13 heavy (non-hydrogen) atoms. The Hall–Kier alpha value is -1.10. The highest BCUT2D eigenvalue weighted by Gasteiger charge is 2.18. The second kappa shape index (κ2) is 3.74. The molecule has 5 heteroatoms. The lowest BCUT2D eigenvalue weighted by Crippen LogP contribution is -2.33. The molecule has 0 saturated heterocycles. The zero-order valence-corrected chi connectivity index (χ0v) is 8.29. The summed E-state index contributed by atoms with van der Waals surface area (Å²) in [5.41, 5.74) is 5.36. The molecular formula is C8H16N4O. The van der Waals surface area contributed by atoms with Crippen LogP contribution >= 0.6 is 0 Å². The van der Waals surface area contributed by atoms with Gasteiger partial charge >= 0.3 is 6.01 Å². The molecule has 0 unspecified atom stereocenters. The Morgan fingerprint density at radius 3 is 2.69 bits per heavy atom. The van der Waals surface area contributed by atoms with Gasteiger partial charge in [0.25, 0.3) is 0 Å². The maximum absolute atomic E-state index is 5.47. The third-order valence-corrected chi connectivity index (χ3v) is 1.74. The standard InChI is InChI=1S/C8H16N4O/c1-6-10-7(13-12-6)11-8(2,3)4-5-9/h4-5,9H2,1-3H3,(H,10,11,12). The van der Waals surface area contributed by atoms with E-state index in [1.165, 1.54) is 0 Å². The highest BCUT2D eigenvalue weighted by atomic mass is 16.5. The van der Waals surface area contributed by atoms with Crippen LogP contribution in [0, 0.1) is 6.92 Å². The summed E-state index contributed by atoms with van der Waals surface area (Å²) in [6.07, 6.45) is 0.856. The Balaban J connectivity index is 2.57. The Kier molecular flexibility index (Phi) is 2.87. The van der Waals surface area contributed by atoms with Gasteiger partial charge in [-0.1, -0.05) is 5.16 Å². The van der Waals surface area contributed by atoms with Gasteiger partial charge in [0, 0.05) is 5.54 Å². The van der Waals surface area contributed by atoms with Crippen LogP contribution in [0.1, 0.15) is 26.1 Å². The SMILES string of the molecule is Cc1noc(NC(C)(C)CCN)n1. The minimum absolute atomic E-state index is 0.103. The van der Waals surface area contributed by atoms with Gasteiger partial charge in [-0.25, -0.2) is 0 Å². The number of hydrogen-bond acceptors (Lipinski definition) is 5. The molecule has 0 bridgehead atoms. The second-order valence-electron chi connectivity index (χ2n) is 3.69. The summed E-state index contributed by atoms with van der Waals surface area (Å²) in [6.45, 7) is 6.50.